The Morgan fingerprint density at radius 2 is 2.06 bits per heavy atom. The van der Waals surface area contributed by atoms with Gasteiger partial charge in [-0.3, -0.25) is 10.3 Å². The van der Waals surface area contributed by atoms with Crippen LogP contribution in [-0.2, 0) is 0 Å². The maximum atomic E-state index is 7.29. The summed E-state index contributed by atoms with van der Waals surface area (Å²) in [4.78, 5) is 13.1. The van der Waals surface area contributed by atoms with Gasteiger partial charge >= 0.3 is 0 Å². The van der Waals surface area contributed by atoms with Gasteiger partial charge in [0.15, 0.2) is 0 Å². The Kier molecular flexibility index (Phi) is 3.21. The van der Waals surface area contributed by atoms with Gasteiger partial charge in [-0.1, -0.05) is 0 Å². The number of piperazine rings is 1. The highest BCUT2D eigenvalue weighted by molar-refractivity contribution is 5.92. The summed E-state index contributed by atoms with van der Waals surface area (Å²) in [5, 5.41) is 7.29. The number of hydrogen-bond donors (Lipinski definition) is 2. The predicted octanol–water partition coefficient (Wildman–Crippen LogP) is 0.291. The number of aromatic nitrogens is 2. The second kappa shape index (κ2) is 4.53. The van der Waals surface area contributed by atoms with Crippen molar-refractivity contribution in [2.24, 2.45) is 5.73 Å². The lowest BCUT2D eigenvalue weighted by atomic mass is 10.00. The quantitative estimate of drug-likeness (QED) is 0.581. The second-order valence-corrected chi connectivity index (χ2v) is 5.33. The molecule has 0 amide bonds. The standard InChI is InChI=1S/C12H20N6/c1-12(2)8-18(5-4-17(12)3)10-7-15-9(6-16-10)11(13)14/h6-7H,4-5,8H2,1-3H3,(H3,13,14). The highest BCUT2D eigenvalue weighted by Crippen LogP contribution is 2.22. The first-order valence-corrected chi connectivity index (χ1v) is 6.03. The van der Waals surface area contributed by atoms with Crippen LogP contribution in [0.5, 0.6) is 0 Å². The van der Waals surface area contributed by atoms with Crippen molar-refractivity contribution in [3.8, 4) is 0 Å². The molecule has 2 heterocycles. The van der Waals surface area contributed by atoms with E-state index in [0.29, 0.717) is 5.69 Å². The summed E-state index contributed by atoms with van der Waals surface area (Å²) in [5.74, 6) is 0.800. The molecule has 0 aliphatic carbocycles. The number of nitrogens with one attached hydrogen (secondary N) is 1. The minimum atomic E-state index is -0.0484. The number of anilines is 1. The van der Waals surface area contributed by atoms with Crippen LogP contribution in [0.25, 0.3) is 0 Å². The van der Waals surface area contributed by atoms with Crippen molar-refractivity contribution in [3.05, 3.63) is 18.1 Å². The van der Waals surface area contributed by atoms with E-state index in [1.165, 1.54) is 0 Å². The van der Waals surface area contributed by atoms with Crippen LogP contribution in [0.15, 0.2) is 12.4 Å². The average molecular weight is 248 g/mol. The van der Waals surface area contributed by atoms with Crippen LogP contribution >= 0.6 is 0 Å². The van der Waals surface area contributed by atoms with Gasteiger partial charge in [0.05, 0.1) is 12.4 Å². The molecule has 0 bridgehead atoms. The Morgan fingerprint density at radius 1 is 1.33 bits per heavy atom. The Morgan fingerprint density at radius 3 is 2.56 bits per heavy atom. The van der Waals surface area contributed by atoms with Gasteiger partial charge < -0.3 is 10.6 Å². The molecule has 98 valence electrons. The fourth-order valence-corrected chi connectivity index (χ4v) is 2.06. The van der Waals surface area contributed by atoms with Crippen molar-refractivity contribution in [1.82, 2.24) is 14.9 Å². The van der Waals surface area contributed by atoms with Crippen LogP contribution in [0.3, 0.4) is 0 Å². The molecule has 1 saturated heterocycles. The first-order chi connectivity index (χ1) is 8.40. The van der Waals surface area contributed by atoms with Crippen LogP contribution in [0.4, 0.5) is 5.82 Å². The van der Waals surface area contributed by atoms with Crippen LogP contribution in [0.2, 0.25) is 0 Å². The van der Waals surface area contributed by atoms with E-state index in [0.717, 1.165) is 25.5 Å². The summed E-state index contributed by atoms with van der Waals surface area (Å²) in [7, 11) is 2.14. The van der Waals surface area contributed by atoms with E-state index in [-0.39, 0.29) is 11.4 Å². The maximum Gasteiger partial charge on any atom is 0.147 e. The van der Waals surface area contributed by atoms with Crippen LogP contribution in [-0.4, -0.2) is 52.9 Å². The van der Waals surface area contributed by atoms with Gasteiger partial charge in [-0.25, -0.2) is 9.97 Å². The third kappa shape index (κ3) is 2.43. The largest absolute Gasteiger partial charge is 0.382 e. The molecule has 1 aromatic heterocycles. The van der Waals surface area contributed by atoms with Crippen molar-refractivity contribution in [2.45, 2.75) is 19.4 Å². The molecule has 0 radical (unpaired) electrons. The molecule has 6 heteroatoms. The molecule has 6 nitrogen and oxygen atoms in total. The summed E-state index contributed by atoms with van der Waals surface area (Å²) in [6, 6.07) is 0. The molecule has 3 N–H and O–H groups in total. The summed E-state index contributed by atoms with van der Waals surface area (Å²) in [6.45, 7) is 7.29. The van der Waals surface area contributed by atoms with Gasteiger partial charge in [-0.2, -0.15) is 0 Å². The zero-order valence-corrected chi connectivity index (χ0v) is 11.1. The first-order valence-electron chi connectivity index (χ1n) is 6.03. The summed E-state index contributed by atoms with van der Waals surface area (Å²) < 4.78 is 0. The number of amidine groups is 1. The van der Waals surface area contributed by atoms with Crippen LogP contribution in [0, 0.1) is 5.41 Å². The molecule has 2 rings (SSSR count). The highest BCUT2D eigenvalue weighted by Gasteiger charge is 2.31. The zero-order valence-electron chi connectivity index (χ0n) is 11.1. The maximum absolute atomic E-state index is 7.29. The van der Waals surface area contributed by atoms with Crippen molar-refractivity contribution in [1.29, 1.82) is 5.41 Å². The molecule has 1 aliphatic heterocycles. The number of likely N-dealkylation sites (N-methyl/N-ethyl adjacent to an activating group) is 1. The average Bonchev–Trinajstić information content (AvgIpc) is 2.33. The number of hydrogen-bond acceptors (Lipinski definition) is 5. The van der Waals surface area contributed by atoms with Gasteiger partial charge in [-0.15, -0.1) is 0 Å². The molecule has 0 unspecified atom stereocenters. The normalized spacial score (nSPS) is 19.8. The fourth-order valence-electron chi connectivity index (χ4n) is 2.06. The number of nitrogens with zero attached hydrogens (tertiary/aromatic N) is 4. The van der Waals surface area contributed by atoms with E-state index in [2.05, 4.69) is 40.7 Å². The highest BCUT2D eigenvalue weighted by atomic mass is 15.3. The minimum Gasteiger partial charge on any atom is -0.382 e. The Balaban J connectivity index is 2.15. The van der Waals surface area contributed by atoms with E-state index in [4.69, 9.17) is 11.1 Å². The molecule has 0 atom stereocenters. The lowest BCUT2D eigenvalue weighted by Gasteiger charge is -2.45. The molecule has 0 saturated carbocycles. The summed E-state index contributed by atoms with van der Waals surface area (Å²) in [6.07, 6.45) is 3.25. The topological polar surface area (TPSA) is 82.1 Å². The third-order valence-corrected chi connectivity index (χ3v) is 3.55. The zero-order chi connectivity index (χ0) is 13.3. The summed E-state index contributed by atoms with van der Waals surface area (Å²) >= 11 is 0. The predicted molar refractivity (Wildman–Crippen MR) is 72.0 cm³/mol. The molecule has 0 spiro atoms. The SMILES string of the molecule is CN1CCN(c2cnc(C(=N)N)cn2)CC1(C)C. The van der Waals surface area contributed by atoms with Gasteiger partial charge in [0.2, 0.25) is 0 Å². The van der Waals surface area contributed by atoms with Crippen molar-refractivity contribution >= 4 is 11.7 Å². The molecule has 1 fully saturated rings. The monoisotopic (exact) mass is 248 g/mol. The van der Waals surface area contributed by atoms with Crippen LogP contribution < -0.4 is 10.6 Å². The molecule has 18 heavy (non-hydrogen) atoms. The molecule has 1 aliphatic rings. The fraction of sp³-hybridized carbons (Fsp3) is 0.583. The minimum absolute atomic E-state index is 0.0484. The van der Waals surface area contributed by atoms with E-state index < -0.39 is 0 Å². The van der Waals surface area contributed by atoms with E-state index in [1.807, 2.05) is 0 Å². The summed E-state index contributed by atoms with van der Waals surface area (Å²) in [5.41, 5.74) is 5.91. The number of nitrogens with two attached hydrogens (primary N) is 1. The van der Waals surface area contributed by atoms with E-state index in [1.54, 1.807) is 12.4 Å². The van der Waals surface area contributed by atoms with Gasteiger partial charge in [0.1, 0.15) is 17.3 Å². The van der Waals surface area contributed by atoms with E-state index in [9.17, 15) is 0 Å². The van der Waals surface area contributed by atoms with Gasteiger partial charge in [-0.05, 0) is 20.9 Å². The van der Waals surface area contributed by atoms with Crippen molar-refractivity contribution < 1.29 is 0 Å². The molecule has 1 aromatic rings. The van der Waals surface area contributed by atoms with Crippen molar-refractivity contribution in [2.75, 3.05) is 31.6 Å². The molecule has 0 aromatic carbocycles. The van der Waals surface area contributed by atoms with Gasteiger partial charge in [0, 0.05) is 25.2 Å². The molecular weight excluding hydrogens is 228 g/mol. The third-order valence-electron chi connectivity index (χ3n) is 3.55. The Hall–Kier alpha value is -1.69. The van der Waals surface area contributed by atoms with E-state index >= 15 is 0 Å². The Bertz CT molecular complexity index is 438. The number of nitrogen functional groups attached to an aromatic ring is 1. The lowest BCUT2D eigenvalue weighted by Crippen LogP contribution is -2.57. The van der Waals surface area contributed by atoms with Gasteiger partial charge in [0.25, 0.3) is 0 Å². The Labute approximate surface area is 107 Å². The van der Waals surface area contributed by atoms with Crippen LogP contribution in [0.1, 0.15) is 19.5 Å². The second-order valence-electron chi connectivity index (χ2n) is 5.33. The number of rotatable bonds is 2. The lowest BCUT2D eigenvalue weighted by molar-refractivity contribution is 0.138. The van der Waals surface area contributed by atoms with Crippen molar-refractivity contribution in [3.63, 3.8) is 0 Å². The first kappa shape index (κ1) is 12.8. The molecular formula is C12H20N6. The smallest absolute Gasteiger partial charge is 0.147 e.